The predicted molar refractivity (Wildman–Crippen MR) is 85.3 cm³/mol. The maximum Gasteiger partial charge on any atom is 0.293 e. The van der Waals surface area contributed by atoms with E-state index in [9.17, 15) is 10.1 Å². The largest absolute Gasteiger partial charge is 0.365 e. The van der Waals surface area contributed by atoms with Gasteiger partial charge in [0.25, 0.3) is 5.69 Å². The Labute approximate surface area is 128 Å². The van der Waals surface area contributed by atoms with E-state index >= 15 is 0 Å². The monoisotopic (exact) mass is 300 g/mol. The molecule has 22 heavy (non-hydrogen) atoms. The Bertz CT molecular complexity index is 735. The first kappa shape index (κ1) is 13.5. The van der Waals surface area contributed by atoms with Gasteiger partial charge in [0.2, 0.25) is 0 Å². The number of rotatable bonds is 3. The highest BCUT2D eigenvalue weighted by atomic mass is 16.6. The molecule has 1 atom stereocenters. The molecule has 116 valence electrons. The van der Waals surface area contributed by atoms with Crippen molar-refractivity contribution in [2.24, 2.45) is 5.92 Å². The molecule has 6 heteroatoms. The fourth-order valence-electron chi connectivity index (χ4n) is 3.58. The molecule has 0 bridgehead atoms. The van der Waals surface area contributed by atoms with Crippen LogP contribution in [-0.4, -0.2) is 27.8 Å². The van der Waals surface area contributed by atoms with Gasteiger partial charge in [0.1, 0.15) is 5.69 Å². The number of piperidine rings is 1. The molecular formula is C16H20N4O2. The second kappa shape index (κ2) is 4.97. The number of benzene rings is 1. The van der Waals surface area contributed by atoms with Crippen LogP contribution in [0.4, 0.5) is 11.4 Å². The number of hydrogen-bond donors (Lipinski definition) is 0. The third-order valence-electron chi connectivity index (χ3n) is 4.79. The van der Waals surface area contributed by atoms with Crippen LogP contribution < -0.4 is 4.90 Å². The van der Waals surface area contributed by atoms with E-state index in [4.69, 9.17) is 0 Å². The molecule has 0 spiro atoms. The van der Waals surface area contributed by atoms with E-state index < -0.39 is 0 Å². The van der Waals surface area contributed by atoms with E-state index in [2.05, 4.69) is 16.9 Å². The van der Waals surface area contributed by atoms with Gasteiger partial charge in [0.05, 0.1) is 28.1 Å². The summed E-state index contributed by atoms with van der Waals surface area (Å²) in [5.74, 6) is 0.571. The van der Waals surface area contributed by atoms with Gasteiger partial charge in [0, 0.05) is 19.2 Å². The zero-order chi connectivity index (χ0) is 15.3. The van der Waals surface area contributed by atoms with E-state index in [1.54, 1.807) is 6.07 Å². The first-order chi connectivity index (χ1) is 10.6. The lowest BCUT2D eigenvalue weighted by Gasteiger charge is -2.32. The van der Waals surface area contributed by atoms with Crippen molar-refractivity contribution in [1.82, 2.24) is 9.78 Å². The molecule has 0 N–H and O–H groups in total. The Morgan fingerprint density at radius 1 is 1.32 bits per heavy atom. The predicted octanol–water partition coefficient (Wildman–Crippen LogP) is 3.52. The average Bonchev–Trinajstić information content (AvgIpc) is 3.25. The molecule has 1 aromatic heterocycles. The Balaban J connectivity index is 1.88. The fourth-order valence-corrected chi connectivity index (χ4v) is 3.58. The van der Waals surface area contributed by atoms with Crippen LogP contribution in [0.15, 0.2) is 18.3 Å². The topological polar surface area (TPSA) is 64.2 Å². The van der Waals surface area contributed by atoms with Crippen LogP contribution in [0.2, 0.25) is 0 Å². The Morgan fingerprint density at radius 2 is 2.14 bits per heavy atom. The Kier molecular flexibility index (Phi) is 3.06. The smallest absolute Gasteiger partial charge is 0.293 e. The van der Waals surface area contributed by atoms with Crippen molar-refractivity contribution in [2.45, 2.75) is 38.6 Å². The summed E-state index contributed by atoms with van der Waals surface area (Å²) in [7, 11) is 0. The quantitative estimate of drug-likeness (QED) is 0.642. The number of fused-ring (bicyclic) bond motifs is 1. The van der Waals surface area contributed by atoms with E-state index in [-0.39, 0.29) is 10.6 Å². The minimum Gasteiger partial charge on any atom is -0.365 e. The Hall–Kier alpha value is -2.11. The van der Waals surface area contributed by atoms with Gasteiger partial charge < -0.3 is 4.90 Å². The average molecular weight is 300 g/mol. The van der Waals surface area contributed by atoms with E-state index in [1.165, 1.54) is 6.42 Å². The number of nitro benzene ring substituents is 1. The van der Waals surface area contributed by atoms with Gasteiger partial charge in [-0.15, -0.1) is 0 Å². The van der Waals surface area contributed by atoms with Crippen molar-refractivity contribution in [1.29, 1.82) is 0 Å². The van der Waals surface area contributed by atoms with Crippen LogP contribution in [0, 0.1) is 16.0 Å². The van der Waals surface area contributed by atoms with Crippen molar-refractivity contribution in [3.63, 3.8) is 0 Å². The van der Waals surface area contributed by atoms with E-state index in [1.807, 2.05) is 16.9 Å². The van der Waals surface area contributed by atoms with Crippen LogP contribution in [-0.2, 0) is 0 Å². The summed E-state index contributed by atoms with van der Waals surface area (Å²) in [5, 5.41) is 16.9. The summed E-state index contributed by atoms with van der Waals surface area (Å²) >= 11 is 0. The van der Waals surface area contributed by atoms with E-state index in [0.29, 0.717) is 12.0 Å². The van der Waals surface area contributed by atoms with Crippen LogP contribution in [0.25, 0.3) is 10.9 Å². The molecule has 1 saturated heterocycles. The molecule has 2 fully saturated rings. The molecule has 4 rings (SSSR count). The molecule has 0 amide bonds. The third kappa shape index (κ3) is 2.14. The second-order valence-corrected chi connectivity index (χ2v) is 6.64. The van der Waals surface area contributed by atoms with Crippen molar-refractivity contribution >= 4 is 22.3 Å². The van der Waals surface area contributed by atoms with Crippen LogP contribution in [0.3, 0.4) is 0 Å². The molecule has 1 aromatic carbocycles. The second-order valence-electron chi connectivity index (χ2n) is 6.64. The summed E-state index contributed by atoms with van der Waals surface area (Å²) in [6.07, 6.45) is 6.41. The fraction of sp³-hybridized carbons (Fsp3) is 0.562. The highest BCUT2D eigenvalue weighted by Gasteiger charge is 2.30. The van der Waals surface area contributed by atoms with Gasteiger partial charge in [-0.1, -0.05) is 6.92 Å². The van der Waals surface area contributed by atoms with Gasteiger partial charge in [-0.2, -0.15) is 5.10 Å². The summed E-state index contributed by atoms with van der Waals surface area (Å²) < 4.78 is 2.04. The maximum absolute atomic E-state index is 11.5. The maximum atomic E-state index is 11.5. The summed E-state index contributed by atoms with van der Waals surface area (Å²) in [6.45, 7) is 3.99. The lowest BCUT2D eigenvalue weighted by Crippen LogP contribution is -2.34. The SMILES string of the molecule is C[C@@H]1CCCN(c2c([N+](=O)[O-])ccc3c2cnn3C2CC2)C1. The van der Waals surface area contributed by atoms with Gasteiger partial charge in [-0.05, 0) is 37.7 Å². The Morgan fingerprint density at radius 3 is 2.82 bits per heavy atom. The summed E-state index contributed by atoms with van der Waals surface area (Å²) in [5.41, 5.74) is 2.00. The van der Waals surface area contributed by atoms with Crippen LogP contribution in [0.5, 0.6) is 0 Å². The zero-order valence-corrected chi connectivity index (χ0v) is 12.7. The zero-order valence-electron chi connectivity index (χ0n) is 12.7. The molecule has 2 aliphatic rings. The van der Waals surface area contributed by atoms with Crippen molar-refractivity contribution in [2.75, 3.05) is 18.0 Å². The van der Waals surface area contributed by atoms with Crippen molar-refractivity contribution in [3.8, 4) is 0 Å². The van der Waals surface area contributed by atoms with Gasteiger partial charge in [-0.3, -0.25) is 14.8 Å². The normalized spacial score (nSPS) is 22.2. The minimum atomic E-state index is -0.261. The van der Waals surface area contributed by atoms with Crippen molar-refractivity contribution < 1.29 is 4.92 Å². The molecule has 2 heterocycles. The van der Waals surface area contributed by atoms with Crippen molar-refractivity contribution in [3.05, 3.63) is 28.4 Å². The lowest BCUT2D eigenvalue weighted by molar-refractivity contribution is -0.384. The number of nitro groups is 1. The molecular weight excluding hydrogens is 280 g/mol. The number of hydrogen-bond acceptors (Lipinski definition) is 4. The lowest BCUT2D eigenvalue weighted by atomic mass is 9.99. The van der Waals surface area contributed by atoms with Crippen LogP contribution >= 0.6 is 0 Å². The van der Waals surface area contributed by atoms with Gasteiger partial charge in [-0.25, -0.2) is 0 Å². The summed E-state index contributed by atoms with van der Waals surface area (Å²) in [4.78, 5) is 13.4. The highest BCUT2D eigenvalue weighted by Crippen LogP contribution is 2.42. The molecule has 1 aliphatic heterocycles. The number of anilines is 1. The molecule has 6 nitrogen and oxygen atoms in total. The third-order valence-corrected chi connectivity index (χ3v) is 4.79. The molecule has 1 saturated carbocycles. The van der Waals surface area contributed by atoms with Crippen LogP contribution in [0.1, 0.15) is 38.6 Å². The molecule has 2 aromatic rings. The molecule has 1 aliphatic carbocycles. The summed E-state index contributed by atoms with van der Waals surface area (Å²) in [6, 6.07) is 3.99. The highest BCUT2D eigenvalue weighted by molar-refractivity contribution is 5.97. The van der Waals surface area contributed by atoms with Gasteiger partial charge in [0.15, 0.2) is 0 Å². The molecule has 0 unspecified atom stereocenters. The van der Waals surface area contributed by atoms with Gasteiger partial charge >= 0.3 is 0 Å². The number of nitrogens with zero attached hydrogens (tertiary/aromatic N) is 4. The molecule has 0 radical (unpaired) electrons. The van der Waals surface area contributed by atoms with E-state index in [0.717, 1.165) is 48.9 Å². The number of aromatic nitrogens is 2. The first-order valence-electron chi connectivity index (χ1n) is 8.04. The standard InChI is InChI=1S/C16H20N4O2/c1-11-3-2-8-18(10-11)16-13-9-17-19(12-4-5-12)14(13)6-7-15(16)20(21)22/h6-7,9,11-12H,2-5,8,10H2,1H3/t11-/m1/s1. The first-order valence-corrected chi connectivity index (χ1v) is 8.04. The minimum absolute atomic E-state index is 0.206.